The van der Waals surface area contributed by atoms with Crippen LogP contribution < -0.4 is 11.1 Å². The van der Waals surface area contributed by atoms with Gasteiger partial charge in [-0.3, -0.25) is 4.79 Å². The molecule has 0 saturated heterocycles. The van der Waals surface area contributed by atoms with E-state index in [1.807, 2.05) is 38.1 Å². The minimum atomic E-state index is -0.312. The summed E-state index contributed by atoms with van der Waals surface area (Å²) in [6.07, 6.45) is 0.698. The van der Waals surface area contributed by atoms with Crippen molar-refractivity contribution in [1.29, 1.82) is 0 Å². The van der Waals surface area contributed by atoms with Crippen LogP contribution in [0.15, 0.2) is 24.3 Å². The van der Waals surface area contributed by atoms with Crippen molar-refractivity contribution in [3.63, 3.8) is 0 Å². The molecule has 0 spiro atoms. The number of benzene rings is 1. The van der Waals surface area contributed by atoms with Crippen molar-refractivity contribution in [2.75, 3.05) is 5.32 Å². The molecule has 0 aliphatic carbocycles. The maximum atomic E-state index is 11.0. The Labute approximate surface area is 84.3 Å². The average molecular weight is 192 g/mol. The zero-order valence-corrected chi connectivity index (χ0v) is 8.58. The van der Waals surface area contributed by atoms with Crippen LogP contribution in [0.3, 0.4) is 0 Å². The molecule has 0 saturated carbocycles. The number of nitrogens with two attached hydrogens (primary N) is 1. The third-order valence-electron chi connectivity index (χ3n) is 2.14. The van der Waals surface area contributed by atoms with E-state index in [1.54, 1.807) is 0 Å². The summed E-state index contributed by atoms with van der Waals surface area (Å²) in [5.41, 5.74) is 7.35. The van der Waals surface area contributed by atoms with Crippen molar-refractivity contribution in [3.05, 3.63) is 29.8 Å². The first kappa shape index (κ1) is 10.6. The zero-order chi connectivity index (χ0) is 10.6. The highest BCUT2D eigenvalue weighted by molar-refractivity contribution is 5.82. The topological polar surface area (TPSA) is 55.1 Å². The minimum absolute atomic E-state index is 0.280. The van der Waals surface area contributed by atoms with E-state index in [0.29, 0.717) is 6.42 Å². The van der Waals surface area contributed by atoms with E-state index >= 15 is 0 Å². The van der Waals surface area contributed by atoms with Gasteiger partial charge in [0.05, 0.1) is 0 Å². The fourth-order valence-corrected chi connectivity index (χ4v) is 1.23. The van der Waals surface area contributed by atoms with E-state index < -0.39 is 0 Å². The quantitative estimate of drug-likeness (QED) is 0.762. The van der Waals surface area contributed by atoms with Gasteiger partial charge in [0, 0.05) is 5.69 Å². The number of anilines is 1. The highest BCUT2D eigenvalue weighted by Gasteiger charge is 2.11. The lowest BCUT2D eigenvalue weighted by Gasteiger charge is -2.14. The Morgan fingerprint density at radius 3 is 2.43 bits per heavy atom. The van der Waals surface area contributed by atoms with E-state index in [9.17, 15) is 4.79 Å². The number of rotatable bonds is 4. The summed E-state index contributed by atoms with van der Waals surface area (Å²) in [5, 5.41) is 3.08. The Balaban J connectivity index is 2.67. The average Bonchev–Trinajstić information content (AvgIpc) is 2.16. The largest absolute Gasteiger partial charge is 0.374 e. The first-order valence-electron chi connectivity index (χ1n) is 4.76. The molecule has 0 bridgehead atoms. The monoisotopic (exact) mass is 192 g/mol. The van der Waals surface area contributed by atoms with Gasteiger partial charge in [0.2, 0.25) is 5.91 Å². The lowest BCUT2D eigenvalue weighted by atomic mass is 10.2. The maximum absolute atomic E-state index is 11.0. The Morgan fingerprint density at radius 1 is 1.43 bits per heavy atom. The summed E-state index contributed by atoms with van der Waals surface area (Å²) in [4.78, 5) is 11.0. The van der Waals surface area contributed by atoms with E-state index in [2.05, 4.69) is 5.32 Å². The van der Waals surface area contributed by atoms with Crippen LogP contribution in [0.2, 0.25) is 0 Å². The summed E-state index contributed by atoms with van der Waals surface area (Å²) < 4.78 is 0. The summed E-state index contributed by atoms with van der Waals surface area (Å²) >= 11 is 0. The molecule has 0 aliphatic rings. The Bertz CT molecular complexity index is 306. The van der Waals surface area contributed by atoms with Crippen LogP contribution in [-0.2, 0) is 4.79 Å². The first-order valence-corrected chi connectivity index (χ1v) is 4.76. The molecule has 1 rings (SSSR count). The second-order valence-electron chi connectivity index (χ2n) is 3.37. The molecule has 0 heterocycles. The third kappa shape index (κ3) is 2.76. The number of hydrogen-bond donors (Lipinski definition) is 2. The van der Waals surface area contributed by atoms with E-state index in [1.165, 1.54) is 5.56 Å². The molecule has 1 atom stereocenters. The van der Waals surface area contributed by atoms with Crippen LogP contribution in [-0.4, -0.2) is 11.9 Å². The standard InChI is InChI=1S/C11H16N2O/c1-3-10(11(12)14)13-9-6-4-8(2)5-7-9/h4-7,10,13H,3H2,1-2H3,(H2,12,14). The van der Waals surface area contributed by atoms with Crippen LogP contribution in [0.5, 0.6) is 0 Å². The lowest BCUT2D eigenvalue weighted by molar-refractivity contribution is -0.118. The van der Waals surface area contributed by atoms with E-state index in [0.717, 1.165) is 5.69 Å². The summed E-state index contributed by atoms with van der Waals surface area (Å²) in [7, 11) is 0. The van der Waals surface area contributed by atoms with E-state index in [-0.39, 0.29) is 11.9 Å². The number of carbonyl (C=O) groups excluding carboxylic acids is 1. The van der Waals surface area contributed by atoms with Crippen LogP contribution in [0.1, 0.15) is 18.9 Å². The van der Waals surface area contributed by atoms with Crippen LogP contribution in [0.4, 0.5) is 5.69 Å². The predicted molar refractivity (Wildman–Crippen MR) is 58.1 cm³/mol. The second kappa shape index (κ2) is 4.65. The molecule has 3 N–H and O–H groups in total. The van der Waals surface area contributed by atoms with Gasteiger partial charge in [-0.05, 0) is 25.5 Å². The Hall–Kier alpha value is -1.51. The van der Waals surface area contributed by atoms with Gasteiger partial charge in [-0.15, -0.1) is 0 Å². The van der Waals surface area contributed by atoms with Crippen LogP contribution in [0.25, 0.3) is 0 Å². The van der Waals surface area contributed by atoms with Crippen molar-refractivity contribution in [2.45, 2.75) is 26.3 Å². The van der Waals surface area contributed by atoms with Gasteiger partial charge < -0.3 is 11.1 Å². The number of primary amides is 1. The number of carbonyl (C=O) groups is 1. The summed E-state index contributed by atoms with van der Waals surface area (Å²) in [5.74, 6) is -0.312. The summed E-state index contributed by atoms with van der Waals surface area (Å²) in [6.45, 7) is 3.95. The number of aryl methyl sites for hydroxylation is 1. The normalized spacial score (nSPS) is 12.1. The molecule has 76 valence electrons. The summed E-state index contributed by atoms with van der Waals surface area (Å²) in [6, 6.07) is 7.60. The molecule has 1 aromatic rings. The van der Waals surface area contributed by atoms with Crippen molar-refractivity contribution in [1.82, 2.24) is 0 Å². The molecule has 14 heavy (non-hydrogen) atoms. The molecule has 0 radical (unpaired) electrons. The molecule has 3 nitrogen and oxygen atoms in total. The lowest BCUT2D eigenvalue weighted by Crippen LogP contribution is -2.34. The maximum Gasteiger partial charge on any atom is 0.239 e. The molecule has 1 aromatic carbocycles. The Morgan fingerprint density at radius 2 is 2.00 bits per heavy atom. The molecule has 1 unspecified atom stereocenters. The molecule has 0 aliphatic heterocycles. The predicted octanol–water partition coefficient (Wildman–Crippen LogP) is 1.67. The van der Waals surface area contributed by atoms with Crippen molar-refractivity contribution < 1.29 is 4.79 Å². The molecule has 1 amide bonds. The molecule has 0 fully saturated rings. The van der Waals surface area contributed by atoms with Gasteiger partial charge in [-0.2, -0.15) is 0 Å². The smallest absolute Gasteiger partial charge is 0.239 e. The van der Waals surface area contributed by atoms with Gasteiger partial charge >= 0.3 is 0 Å². The second-order valence-corrected chi connectivity index (χ2v) is 3.37. The fourth-order valence-electron chi connectivity index (χ4n) is 1.23. The van der Waals surface area contributed by atoms with Gasteiger partial charge in [0.15, 0.2) is 0 Å². The van der Waals surface area contributed by atoms with Crippen molar-refractivity contribution >= 4 is 11.6 Å². The Kier molecular flexibility index (Phi) is 3.51. The van der Waals surface area contributed by atoms with Gasteiger partial charge in [-0.1, -0.05) is 24.6 Å². The number of nitrogens with one attached hydrogen (secondary N) is 1. The van der Waals surface area contributed by atoms with Gasteiger partial charge in [-0.25, -0.2) is 0 Å². The molecule has 0 aromatic heterocycles. The number of amides is 1. The fraction of sp³-hybridized carbons (Fsp3) is 0.364. The molecule has 3 heteroatoms. The first-order chi connectivity index (χ1) is 6.63. The van der Waals surface area contributed by atoms with Crippen LogP contribution in [0, 0.1) is 6.92 Å². The van der Waals surface area contributed by atoms with Gasteiger partial charge in [0.1, 0.15) is 6.04 Å². The number of hydrogen-bond acceptors (Lipinski definition) is 2. The van der Waals surface area contributed by atoms with Crippen LogP contribution >= 0.6 is 0 Å². The molecular weight excluding hydrogens is 176 g/mol. The highest BCUT2D eigenvalue weighted by atomic mass is 16.1. The molecular formula is C11H16N2O. The zero-order valence-electron chi connectivity index (χ0n) is 8.58. The third-order valence-corrected chi connectivity index (χ3v) is 2.14. The van der Waals surface area contributed by atoms with Gasteiger partial charge in [0.25, 0.3) is 0 Å². The minimum Gasteiger partial charge on any atom is -0.374 e. The highest BCUT2D eigenvalue weighted by Crippen LogP contribution is 2.10. The van der Waals surface area contributed by atoms with Crippen molar-refractivity contribution in [2.24, 2.45) is 5.73 Å². The van der Waals surface area contributed by atoms with Crippen molar-refractivity contribution in [3.8, 4) is 0 Å². The van der Waals surface area contributed by atoms with E-state index in [4.69, 9.17) is 5.73 Å². The SMILES string of the molecule is CCC(Nc1ccc(C)cc1)C(N)=O.